The largest absolute Gasteiger partial charge is 0.497 e. The van der Waals surface area contributed by atoms with Crippen LogP contribution in [0.4, 0.5) is 11.4 Å². The molecule has 0 unspecified atom stereocenters. The summed E-state index contributed by atoms with van der Waals surface area (Å²) < 4.78 is 10.6. The van der Waals surface area contributed by atoms with Gasteiger partial charge in [-0.1, -0.05) is 17.7 Å². The van der Waals surface area contributed by atoms with Crippen molar-refractivity contribution in [3.05, 3.63) is 58.1 Å². The molecule has 30 heavy (non-hydrogen) atoms. The highest BCUT2D eigenvalue weighted by Gasteiger charge is 2.21. The van der Waals surface area contributed by atoms with Crippen LogP contribution in [0.2, 0.25) is 5.02 Å². The fourth-order valence-corrected chi connectivity index (χ4v) is 4.63. The number of amides is 1. The molecular weight excluding hydrogens is 422 g/mol. The molecule has 1 N–H and O–H groups in total. The molecule has 156 valence electrons. The van der Waals surface area contributed by atoms with Gasteiger partial charge in [0.2, 0.25) is 0 Å². The Morgan fingerprint density at radius 2 is 1.93 bits per heavy atom. The molecule has 0 bridgehead atoms. The number of thiazole rings is 1. The van der Waals surface area contributed by atoms with Crippen molar-refractivity contribution in [2.75, 3.05) is 43.6 Å². The van der Waals surface area contributed by atoms with Gasteiger partial charge in [-0.05, 0) is 43.3 Å². The average molecular weight is 444 g/mol. The summed E-state index contributed by atoms with van der Waals surface area (Å²) in [5.41, 5.74) is 3.15. The molecular formula is C22H22ClN3O3S. The summed E-state index contributed by atoms with van der Waals surface area (Å²) >= 11 is 7.85. The molecule has 1 aliphatic rings. The van der Waals surface area contributed by atoms with Crippen LogP contribution < -0.4 is 15.0 Å². The van der Waals surface area contributed by atoms with E-state index < -0.39 is 0 Å². The molecule has 1 aliphatic heterocycles. The van der Waals surface area contributed by atoms with E-state index in [2.05, 4.69) is 15.2 Å². The van der Waals surface area contributed by atoms with Gasteiger partial charge in [0.25, 0.3) is 5.91 Å². The summed E-state index contributed by atoms with van der Waals surface area (Å²) in [6.07, 6.45) is 0. The number of ether oxygens (including phenoxy) is 2. The molecule has 8 heteroatoms. The lowest BCUT2D eigenvalue weighted by molar-refractivity contribution is 0.103. The minimum absolute atomic E-state index is 0.193. The number of nitrogens with one attached hydrogen (secondary N) is 1. The number of anilines is 2. The molecule has 0 radical (unpaired) electrons. The Bertz CT molecular complexity index is 1050. The minimum atomic E-state index is -0.193. The van der Waals surface area contributed by atoms with Gasteiger partial charge in [0.05, 0.1) is 42.4 Å². The second-order valence-electron chi connectivity index (χ2n) is 6.85. The smallest absolute Gasteiger partial charge is 0.267 e. The number of benzene rings is 2. The van der Waals surface area contributed by atoms with Crippen molar-refractivity contribution in [1.82, 2.24) is 4.98 Å². The predicted octanol–water partition coefficient (Wildman–Crippen LogP) is 4.87. The topological polar surface area (TPSA) is 63.7 Å². The third-order valence-corrected chi connectivity index (χ3v) is 6.41. The Balaban J connectivity index is 1.59. The first-order valence-electron chi connectivity index (χ1n) is 9.61. The number of aromatic nitrogens is 1. The van der Waals surface area contributed by atoms with E-state index in [-0.39, 0.29) is 5.91 Å². The predicted molar refractivity (Wildman–Crippen MR) is 121 cm³/mol. The van der Waals surface area contributed by atoms with Crippen molar-refractivity contribution in [2.24, 2.45) is 0 Å². The monoisotopic (exact) mass is 443 g/mol. The fourth-order valence-electron chi connectivity index (χ4n) is 3.37. The van der Waals surface area contributed by atoms with E-state index >= 15 is 0 Å². The van der Waals surface area contributed by atoms with Gasteiger partial charge in [-0.3, -0.25) is 4.79 Å². The minimum Gasteiger partial charge on any atom is -0.497 e. The molecule has 4 rings (SSSR count). The average Bonchev–Trinajstić information content (AvgIpc) is 3.16. The third kappa shape index (κ3) is 4.28. The molecule has 1 saturated heterocycles. The zero-order chi connectivity index (χ0) is 21.1. The summed E-state index contributed by atoms with van der Waals surface area (Å²) in [5.74, 6) is 0.586. The van der Waals surface area contributed by atoms with E-state index in [1.807, 2.05) is 49.4 Å². The molecule has 0 spiro atoms. The Hall–Kier alpha value is -2.61. The number of carbonyl (C=O) groups is 1. The van der Waals surface area contributed by atoms with Crippen LogP contribution in [0, 0.1) is 6.92 Å². The lowest BCUT2D eigenvalue weighted by Crippen LogP contribution is -2.37. The van der Waals surface area contributed by atoms with Crippen molar-refractivity contribution in [2.45, 2.75) is 6.92 Å². The van der Waals surface area contributed by atoms with Crippen molar-refractivity contribution in [1.29, 1.82) is 0 Å². The van der Waals surface area contributed by atoms with Crippen LogP contribution in [-0.2, 0) is 4.74 Å². The summed E-state index contributed by atoms with van der Waals surface area (Å²) in [7, 11) is 1.63. The second kappa shape index (κ2) is 9.04. The zero-order valence-electron chi connectivity index (χ0n) is 16.8. The first kappa shape index (κ1) is 20.7. The molecule has 0 saturated carbocycles. The molecule has 1 fully saturated rings. The number of hydrogen-bond donors (Lipinski definition) is 1. The number of hydrogen-bond acceptors (Lipinski definition) is 6. The molecule has 2 heterocycles. The normalized spacial score (nSPS) is 13.9. The highest BCUT2D eigenvalue weighted by Crippen LogP contribution is 2.36. The van der Waals surface area contributed by atoms with Crippen molar-refractivity contribution in [3.63, 3.8) is 0 Å². The number of morpholine rings is 1. The summed E-state index contributed by atoms with van der Waals surface area (Å²) in [6, 6.07) is 13.2. The molecule has 0 aliphatic carbocycles. The van der Waals surface area contributed by atoms with Crippen LogP contribution in [0.5, 0.6) is 5.75 Å². The fraction of sp³-hybridized carbons (Fsp3) is 0.273. The van der Waals surface area contributed by atoms with Crippen molar-refractivity contribution in [3.8, 4) is 16.3 Å². The third-order valence-electron chi connectivity index (χ3n) is 4.90. The molecule has 2 aromatic carbocycles. The van der Waals surface area contributed by atoms with Gasteiger partial charge in [-0.25, -0.2) is 4.98 Å². The number of methoxy groups -OCH3 is 1. The van der Waals surface area contributed by atoms with Crippen molar-refractivity contribution < 1.29 is 14.3 Å². The number of carbonyl (C=O) groups excluding carboxylic acids is 1. The Morgan fingerprint density at radius 3 is 2.63 bits per heavy atom. The second-order valence-corrected chi connectivity index (χ2v) is 8.26. The molecule has 6 nitrogen and oxygen atoms in total. The van der Waals surface area contributed by atoms with Gasteiger partial charge in [-0.15, -0.1) is 11.3 Å². The number of halogens is 1. The summed E-state index contributed by atoms with van der Waals surface area (Å²) in [5, 5.41) is 4.43. The van der Waals surface area contributed by atoms with Gasteiger partial charge >= 0.3 is 0 Å². The number of rotatable bonds is 5. The standard InChI is InChI=1S/C22H22ClN3O3S/c1-14-20(30-22(24-14)15-6-8-16(28-2)9-7-15)21(27)25-18-5-3-4-17(23)19(18)26-10-12-29-13-11-26/h3-9H,10-13H2,1-2H3,(H,25,27). The lowest BCUT2D eigenvalue weighted by atomic mass is 10.2. The van der Waals surface area contributed by atoms with Gasteiger partial charge in [0.15, 0.2) is 0 Å². The molecule has 3 aromatic rings. The van der Waals surface area contributed by atoms with Crippen LogP contribution in [0.3, 0.4) is 0 Å². The Labute approximate surface area is 184 Å². The maximum absolute atomic E-state index is 13.1. The highest BCUT2D eigenvalue weighted by atomic mass is 35.5. The van der Waals surface area contributed by atoms with Crippen LogP contribution in [-0.4, -0.2) is 44.3 Å². The van der Waals surface area contributed by atoms with E-state index in [1.165, 1.54) is 11.3 Å². The lowest BCUT2D eigenvalue weighted by Gasteiger charge is -2.31. The Kier molecular flexibility index (Phi) is 6.22. The van der Waals surface area contributed by atoms with Crippen LogP contribution in [0.15, 0.2) is 42.5 Å². The number of para-hydroxylation sites is 1. The van der Waals surface area contributed by atoms with Crippen molar-refractivity contribution >= 4 is 40.2 Å². The van der Waals surface area contributed by atoms with E-state index in [0.29, 0.717) is 34.5 Å². The van der Waals surface area contributed by atoms with E-state index in [4.69, 9.17) is 21.1 Å². The van der Waals surface area contributed by atoms with E-state index in [9.17, 15) is 4.79 Å². The quantitative estimate of drug-likeness (QED) is 0.609. The van der Waals surface area contributed by atoms with Crippen LogP contribution in [0.1, 0.15) is 15.4 Å². The van der Waals surface area contributed by atoms with Crippen LogP contribution in [0.25, 0.3) is 10.6 Å². The van der Waals surface area contributed by atoms with E-state index in [1.54, 1.807) is 7.11 Å². The molecule has 0 atom stereocenters. The number of nitrogens with zero attached hydrogens (tertiary/aromatic N) is 2. The van der Waals surface area contributed by atoms with Gasteiger partial charge in [-0.2, -0.15) is 0 Å². The zero-order valence-corrected chi connectivity index (χ0v) is 18.3. The summed E-state index contributed by atoms with van der Waals surface area (Å²) in [6.45, 7) is 4.58. The Morgan fingerprint density at radius 1 is 1.20 bits per heavy atom. The summed E-state index contributed by atoms with van der Waals surface area (Å²) in [4.78, 5) is 20.4. The van der Waals surface area contributed by atoms with Gasteiger partial charge in [0.1, 0.15) is 15.6 Å². The maximum atomic E-state index is 13.1. The molecule has 1 amide bonds. The maximum Gasteiger partial charge on any atom is 0.267 e. The highest BCUT2D eigenvalue weighted by molar-refractivity contribution is 7.17. The van der Waals surface area contributed by atoms with Gasteiger partial charge < -0.3 is 19.7 Å². The van der Waals surface area contributed by atoms with Crippen LogP contribution >= 0.6 is 22.9 Å². The first-order chi connectivity index (χ1) is 14.6. The van der Waals surface area contributed by atoms with Gasteiger partial charge in [0, 0.05) is 18.7 Å². The first-order valence-corrected chi connectivity index (χ1v) is 10.8. The van der Waals surface area contributed by atoms with E-state index in [0.717, 1.165) is 35.1 Å². The SMILES string of the molecule is COc1ccc(-c2nc(C)c(C(=O)Nc3cccc(Cl)c3N3CCOCC3)s2)cc1. The number of aryl methyl sites for hydroxylation is 1. The molecule has 1 aromatic heterocycles.